The van der Waals surface area contributed by atoms with Gasteiger partial charge in [0, 0.05) is 0 Å². The molecular weight excluding hydrogens is 306 g/mol. The molecule has 1 amide bonds. The van der Waals surface area contributed by atoms with Crippen LogP contribution in [0.5, 0.6) is 0 Å². The molecule has 3 atom stereocenters. The minimum Gasteiger partial charge on any atom is -0.480 e. The van der Waals surface area contributed by atoms with Crippen molar-refractivity contribution >= 4 is 12.1 Å². The predicted molar refractivity (Wildman–Crippen MR) is 97.0 cm³/mol. The Morgan fingerprint density at radius 3 is 1.92 bits per heavy atom. The first kappa shape index (κ1) is 22.7. The normalized spacial score (nSPS) is 16.2. The molecule has 0 saturated carbocycles. The summed E-state index contributed by atoms with van der Waals surface area (Å²) in [5.74, 6) is -0.187. The Hall–Kier alpha value is -1.26. The monoisotopic (exact) mass is 343 g/mol. The fraction of sp³-hybridized carbons (Fsp3) is 0.895. The van der Waals surface area contributed by atoms with E-state index in [1.54, 1.807) is 20.8 Å². The quantitative estimate of drug-likeness (QED) is 0.661. The molecule has 24 heavy (non-hydrogen) atoms. The molecule has 0 aliphatic rings. The lowest BCUT2D eigenvalue weighted by atomic mass is 9.82. The van der Waals surface area contributed by atoms with Gasteiger partial charge in [-0.15, -0.1) is 0 Å². The van der Waals surface area contributed by atoms with Crippen molar-refractivity contribution in [1.82, 2.24) is 5.32 Å². The molecule has 0 fully saturated rings. The van der Waals surface area contributed by atoms with E-state index in [1.165, 1.54) is 0 Å². The van der Waals surface area contributed by atoms with Gasteiger partial charge in [-0.05, 0) is 50.9 Å². The number of carboxylic acid groups (broad SMARTS) is 1. The number of carbonyl (C=O) groups is 2. The molecule has 0 aromatic carbocycles. The van der Waals surface area contributed by atoms with Gasteiger partial charge in [0.15, 0.2) is 0 Å². The van der Waals surface area contributed by atoms with E-state index in [9.17, 15) is 14.7 Å². The molecule has 0 aliphatic heterocycles. The first-order valence-corrected chi connectivity index (χ1v) is 8.92. The van der Waals surface area contributed by atoms with Crippen molar-refractivity contribution < 1.29 is 19.4 Å². The highest BCUT2D eigenvalue weighted by atomic mass is 16.6. The Balaban J connectivity index is 4.41. The number of hydrogen-bond acceptors (Lipinski definition) is 3. The lowest BCUT2D eigenvalue weighted by molar-refractivity contribution is -0.140. The second kappa shape index (κ2) is 9.28. The minimum atomic E-state index is -1.02. The Morgan fingerprint density at radius 2 is 1.50 bits per heavy atom. The van der Waals surface area contributed by atoms with Gasteiger partial charge in [-0.25, -0.2) is 9.59 Å². The molecule has 0 saturated heterocycles. The van der Waals surface area contributed by atoms with Crippen molar-refractivity contribution in [3.05, 3.63) is 0 Å². The Labute approximate surface area is 147 Å². The summed E-state index contributed by atoms with van der Waals surface area (Å²) in [5, 5.41) is 11.8. The van der Waals surface area contributed by atoms with Gasteiger partial charge in [-0.2, -0.15) is 0 Å². The number of aliphatic carboxylic acids is 1. The van der Waals surface area contributed by atoms with Gasteiger partial charge >= 0.3 is 12.1 Å². The van der Waals surface area contributed by atoms with Crippen LogP contribution in [0.3, 0.4) is 0 Å². The number of alkyl carbamates (subject to hydrolysis) is 1. The summed E-state index contributed by atoms with van der Waals surface area (Å²) in [5.41, 5.74) is -0.328. The van der Waals surface area contributed by atoms with Crippen LogP contribution >= 0.6 is 0 Å². The zero-order valence-corrected chi connectivity index (χ0v) is 16.7. The first-order valence-electron chi connectivity index (χ1n) is 8.92. The summed E-state index contributed by atoms with van der Waals surface area (Å²) in [6.45, 7) is 16.2. The minimum absolute atomic E-state index is 0.225. The smallest absolute Gasteiger partial charge is 0.408 e. The molecule has 0 heterocycles. The average molecular weight is 344 g/mol. The molecule has 5 heteroatoms. The molecule has 0 aromatic heterocycles. The van der Waals surface area contributed by atoms with Crippen molar-refractivity contribution in [2.45, 2.75) is 92.7 Å². The maximum Gasteiger partial charge on any atom is 0.408 e. The lowest BCUT2D eigenvalue weighted by Gasteiger charge is -2.25. The van der Waals surface area contributed by atoms with Crippen molar-refractivity contribution in [3.63, 3.8) is 0 Å². The van der Waals surface area contributed by atoms with Crippen LogP contribution < -0.4 is 5.32 Å². The molecule has 3 unspecified atom stereocenters. The third-order valence-electron chi connectivity index (χ3n) is 3.74. The molecule has 0 spiro atoms. The van der Waals surface area contributed by atoms with Crippen LogP contribution in [0.4, 0.5) is 4.79 Å². The van der Waals surface area contributed by atoms with Crippen molar-refractivity contribution in [2.75, 3.05) is 0 Å². The third-order valence-corrected chi connectivity index (χ3v) is 3.74. The number of rotatable bonds is 8. The number of amides is 1. The Bertz CT molecular complexity index is 407. The topological polar surface area (TPSA) is 75.6 Å². The summed E-state index contributed by atoms with van der Waals surface area (Å²) < 4.78 is 5.14. The number of ether oxygens (including phenoxy) is 1. The highest BCUT2D eigenvalue weighted by molar-refractivity contribution is 5.79. The number of hydrogen-bond donors (Lipinski definition) is 2. The summed E-state index contributed by atoms with van der Waals surface area (Å²) in [4.78, 5) is 23.2. The van der Waals surface area contributed by atoms with E-state index in [4.69, 9.17) is 4.74 Å². The molecule has 142 valence electrons. The molecular formula is C19H37NO4. The number of carbonyl (C=O) groups excluding carboxylic acids is 1. The van der Waals surface area contributed by atoms with Crippen molar-refractivity contribution in [1.29, 1.82) is 0 Å². The van der Waals surface area contributed by atoms with Gasteiger partial charge in [0.1, 0.15) is 11.6 Å². The van der Waals surface area contributed by atoms with Crippen molar-refractivity contribution in [2.24, 2.45) is 17.3 Å². The van der Waals surface area contributed by atoms with E-state index in [1.807, 2.05) is 6.92 Å². The maximum atomic E-state index is 11.8. The fourth-order valence-corrected chi connectivity index (χ4v) is 2.91. The SMILES string of the molecule is CC(CCC(C)CC(C)(C)C)CC(NC(=O)OC(C)(C)C)C(=O)O. The molecule has 5 nitrogen and oxygen atoms in total. The summed E-state index contributed by atoms with van der Waals surface area (Å²) >= 11 is 0. The van der Waals surface area contributed by atoms with Gasteiger partial charge in [-0.3, -0.25) is 0 Å². The fourth-order valence-electron chi connectivity index (χ4n) is 2.91. The van der Waals surface area contributed by atoms with Gasteiger partial charge in [0.05, 0.1) is 0 Å². The first-order chi connectivity index (χ1) is 10.7. The molecule has 0 rings (SSSR count). The third kappa shape index (κ3) is 12.2. The van der Waals surface area contributed by atoms with Gasteiger partial charge < -0.3 is 15.2 Å². The van der Waals surface area contributed by atoms with Crippen LogP contribution in [0, 0.1) is 17.3 Å². The number of nitrogens with one attached hydrogen (secondary N) is 1. The van der Waals surface area contributed by atoms with E-state index in [0.717, 1.165) is 19.3 Å². The van der Waals surface area contributed by atoms with Crippen LogP contribution in [0.2, 0.25) is 0 Å². The summed E-state index contributed by atoms with van der Waals surface area (Å²) in [6.07, 6.45) is 2.91. The van der Waals surface area contributed by atoms with Crippen LogP contribution in [0.25, 0.3) is 0 Å². The van der Waals surface area contributed by atoms with Crippen LogP contribution in [-0.2, 0) is 9.53 Å². The zero-order valence-electron chi connectivity index (χ0n) is 16.7. The summed E-state index contributed by atoms with van der Waals surface area (Å²) in [7, 11) is 0. The maximum absolute atomic E-state index is 11.8. The highest BCUT2D eigenvalue weighted by Crippen LogP contribution is 2.28. The van der Waals surface area contributed by atoms with Crippen LogP contribution in [-0.4, -0.2) is 28.8 Å². The van der Waals surface area contributed by atoms with Crippen molar-refractivity contribution in [3.8, 4) is 0 Å². The lowest BCUT2D eigenvalue weighted by Crippen LogP contribution is -2.44. The Kier molecular flexibility index (Phi) is 8.80. The van der Waals surface area contributed by atoms with E-state index < -0.39 is 23.7 Å². The average Bonchev–Trinajstić information content (AvgIpc) is 2.31. The second-order valence-electron chi connectivity index (χ2n) is 9.33. The highest BCUT2D eigenvalue weighted by Gasteiger charge is 2.26. The van der Waals surface area contributed by atoms with Gasteiger partial charge in [-0.1, -0.05) is 47.5 Å². The number of carboxylic acids is 1. The summed E-state index contributed by atoms with van der Waals surface area (Å²) in [6, 6.07) is -0.909. The Morgan fingerprint density at radius 1 is 1.00 bits per heavy atom. The zero-order chi connectivity index (χ0) is 19.1. The molecule has 2 N–H and O–H groups in total. The predicted octanol–water partition coefficient (Wildman–Crippen LogP) is 4.84. The molecule has 0 aliphatic carbocycles. The molecule has 0 aromatic rings. The van der Waals surface area contributed by atoms with E-state index in [-0.39, 0.29) is 5.92 Å². The van der Waals surface area contributed by atoms with Crippen LogP contribution in [0.15, 0.2) is 0 Å². The van der Waals surface area contributed by atoms with E-state index >= 15 is 0 Å². The van der Waals surface area contributed by atoms with Gasteiger partial charge in [0.25, 0.3) is 0 Å². The second-order valence-corrected chi connectivity index (χ2v) is 9.33. The largest absolute Gasteiger partial charge is 0.480 e. The van der Waals surface area contributed by atoms with E-state index in [2.05, 4.69) is 33.0 Å². The molecule has 0 radical (unpaired) electrons. The molecule has 0 bridgehead atoms. The van der Waals surface area contributed by atoms with Gasteiger partial charge in [0.2, 0.25) is 0 Å². The van der Waals surface area contributed by atoms with E-state index in [0.29, 0.717) is 17.8 Å². The standard InChI is InChI=1S/C19H37NO4/c1-13(9-10-14(2)12-18(3,4)5)11-15(16(21)22)20-17(23)24-19(6,7)8/h13-15H,9-12H2,1-8H3,(H,20,23)(H,21,22). The van der Waals surface area contributed by atoms with Crippen LogP contribution in [0.1, 0.15) is 81.1 Å².